The second-order valence-corrected chi connectivity index (χ2v) is 9.04. The number of rotatable bonds is 8. The Morgan fingerprint density at radius 3 is 2.41 bits per heavy atom. The monoisotopic (exact) mass is 578 g/mol. The van der Waals surface area contributed by atoms with Crippen LogP contribution in [0.15, 0.2) is 59.1 Å². The number of anilines is 1. The van der Waals surface area contributed by atoms with Gasteiger partial charge in [0.2, 0.25) is 0 Å². The number of hydrogen-bond donors (Lipinski definition) is 1. The molecule has 0 heterocycles. The summed E-state index contributed by atoms with van der Waals surface area (Å²) < 4.78 is 12.3. The van der Waals surface area contributed by atoms with E-state index >= 15 is 0 Å². The van der Waals surface area contributed by atoms with Gasteiger partial charge in [-0.1, -0.05) is 62.9 Å². The van der Waals surface area contributed by atoms with Gasteiger partial charge in [0.15, 0.2) is 18.1 Å². The average molecular weight is 581 g/mol. The van der Waals surface area contributed by atoms with Crippen LogP contribution in [0.1, 0.15) is 18.1 Å². The first-order valence-electron chi connectivity index (χ1n) is 10.0. The number of nitrogens with one attached hydrogen (secondary N) is 1. The van der Waals surface area contributed by atoms with Crippen LogP contribution in [-0.2, 0) is 4.79 Å². The van der Waals surface area contributed by atoms with E-state index in [0.29, 0.717) is 39.2 Å². The summed E-state index contributed by atoms with van der Waals surface area (Å²) >= 11 is 21.7. The fourth-order valence-electron chi connectivity index (χ4n) is 2.96. The van der Waals surface area contributed by atoms with Crippen molar-refractivity contribution in [1.82, 2.24) is 0 Å². The second kappa shape index (κ2) is 12.1. The van der Waals surface area contributed by atoms with Gasteiger partial charge in [0.1, 0.15) is 0 Å². The molecule has 0 aliphatic rings. The highest BCUT2D eigenvalue weighted by Gasteiger charge is 2.15. The lowest BCUT2D eigenvalue weighted by molar-refractivity contribution is -0.118. The summed E-state index contributed by atoms with van der Waals surface area (Å²) in [7, 11) is 0. The molecule has 0 bridgehead atoms. The van der Waals surface area contributed by atoms with E-state index in [2.05, 4.69) is 27.3 Å². The van der Waals surface area contributed by atoms with E-state index in [1.54, 1.807) is 36.4 Å². The zero-order valence-corrected chi connectivity index (χ0v) is 21.7. The van der Waals surface area contributed by atoms with Gasteiger partial charge in [-0.25, -0.2) is 0 Å². The van der Waals surface area contributed by atoms with Crippen LogP contribution >= 0.6 is 50.7 Å². The lowest BCUT2D eigenvalue weighted by Crippen LogP contribution is -2.20. The molecule has 0 spiro atoms. The Kier molecular flexibility index (Phi) is 9.26. The van der Waals surface area contributed by atoms with Crippen LogP contribution in [0.3, 0.4) is 0 Å². The number of amides is 1. The van der Waals surface area contributed by atoms with E-state index in [-0.39, 0.29) is 17.4 Å². The molecule has 0 aliphatic heterocycles. The highest BCUT2D eigenvalue weighted by atomic mass is 79.9. The summed E-state index contributed by atoms with van der Waals surface area (Å²) in [5, 5.41) is 13.3. The number of nitriles is 1. The van der Waals surface area contributed by atoms with Crippen molar-refractivity contribution in [3.8, 4) is 17.6 Å². The predicted octanol–water partition coefficient (Wildman–Crippen LogP) is 7.89. The number of benzene rings is 3. The van der Waals surface area contributed by atoms with Crippen LogP contribution in [0.2, 0.25) is 15.1 Å². The summed E-state index contributed by atoms with van der Waals surface area (Å²) in [6.07, 6.45) is 1.71. The Labute approximate surface area is 221 Å². The molecule has 0 aliphatic carbocycles. The molecular weight excluding hydrogens is 563 g/mol. The van der Waals surface area contributed by atoms with E-state index in [1.165, 1.54) is 0 Å². The summed E-state index contributed by atoms with van der Waals surface area (Å²) in [5.41, 5.74) is 2.36. The van der Waals surface area contributed by atoms with Crippen LogP contribution in [0, 0.1) is 11.3 Å². The van der Waals surface area contributed by atoms with Crippen LogP contribution in [0.5, 0.6) is 11.5 Å². The fourth-order valence-corrected chi connectivity index (χ4v) is 3.80. The number of carbonyl (C=O) groups excluding carboxylic acids is 1. The third-order valence-electron chi connectivity index (χ3n) is 4.47. The molecule has 0 saturated carbocycles. The van der Waals surface area contributed by atoms with Gasteiger partial charge in [0.05, 0.1) is 33.3 Å². The first-order valence-corrected chi connectivity index (χ1v) is 11.9. The molecule has 1 N–H and O–H groups in total. The van der Waals surface area contributed by atoms with Gasteiger partial charge >= 0.3 is 0 Å². The molecule has 174 valence electrons. The minimum absolute atomic E-state index is 0.229. The molecule has 9 heteroatoms. The van der Waals surface area contributed by atoms with Crippen molar-refractivity contribution < 1.29 is 14.3 Å². The Hall–Kier alpha value is -2.69. The zero-order valence-electron chi connectivity index (χ0n) is 17.9. The van der Waals surface area contributed by atoms with Crippen molar-refractivity contribution in [1.29, 1.82) is 5.26 Å². The molecule has 0 atom stereocenters. The highest BCUT2D eigenvalue weighted by Crippen LogP contribution is 2.38. The summed E-state index contributed by atoms with van der Waals surface area (Å²) in [6, 6.07) is 17.7. The normalized spacial score (nSPS) is 11.0. The first-order chi connectivity index (χ1) is 16.3. The van der Waals surface area contributed by atoms with Crippen molar-refractivity contribution >= 4 is 74.0 Å². The van der Waals surface area contributed by atoms with Gasteiger partial charge in [-0.2, -0.15) is 5.26 Å². The topological polar surface area (TPSA) is 71.3 Å². The Morgan fingerprint density at radius 1 is 1.03 bits per heavy atom. The SMILES string of the molecule is CCOc1cc(/C=C(\C#N)c2ccc(Br)cc2)cc(Cl)c1OCC(=O)Nc1ccc(Cl)c(Cl)c1. The maximum absolute atomic E-state index is 12.3. The summed E-state index contributed by atoms with van der Waals surface area (Å²) in [5.74, 6) is 0.173. The maximum Gasteiger partial charge on any atom is 0.262 e. The number of allylic oxidation sites excluding steroid dienone is 1. The lowest BCUT2D eigenvalue weighted by atomic mass is 10.0. The van der Waals surface area contributed by atoms with E-state index < -0.39 is 5.91 Å². The minimum atomic E-state index is -0.414. The third-order valence-corrected chi connectivity index (χ3v) is 6.02. The van der Waals surface area contributed by atoms with Crippen LogP contribution in [-0.4, -0.2) is 19.1 Å². The quantitative estimate of drug-likeness (QED) is 0.217. The van der Waals surface area contributed by atoms with E-state index in [4.69, 9.17) is 44.3 Å². The fraction of sp³-hybridized carbons (Fsp3) is 0.120. The van der Waals surface area contributed by atoms with Crippen molar-refractivity contribution in [3.63, 3.8) is 0 Å². The maximum atomic E-state index is 12.3. The molecule has 0 unspecified atom stereocenters. The van der Waals surface area contributed by atoms with Crippen molar-refractivity contribution in [2.75, 3.05) is 18.5 Å². The first kappa shape index (κ1) is 25.9. The summed E-state index contributed by atoms with van der Waals surface area (Å²) in [6.45, 7) is 1.87. The van der Waals surface area contributed by atoms with Gasteiger partial charge < -0.3 is 14.8 Å². The number of ether oxygens (including phenoxy) is 2. The minimum Gasteiger partial charge on any atom is -0.490 e. The lowest BCUT2D eigenvalue weighted by Gasteiger charge is -2.15. The van der Waals surface area contributed by atoms with Gasteiger partial charge in [-0.3, -0.25) is 4.79 Å². The Bertz CT molecular complexity index is 1270. The predicted molar refractivity (Wildman–Crippen MR) is 141 cm³/mol. The Balaban J connectivity index is 1.80. The van der Waals surface area contributed by atoms with Gasteiger partial charge in [0, 0.05) is 10.2 Å². The molecule has 1 amide bonds. The number of hydrogen-bond acceptors (Lipinski definition) is 4. The largest absolute Gasteiger partial charge is 0.490 e. The molecule has 34 heavy (non-hydrogen) atoms. The van der Waals surface area contributed by atoms with E-state index in [0.717, 1.165) is 10.0 Å². The smallest absolute Gasteiger partial charge is 0.262 e. The standard InChI is InChI=1S/C25H18BrCl3N2O3/c1-2-33-23-11-15(9-17(13-30)16-3-5-18(26)6-4-16)10-22(29)25(23)34-14-24(32)31-19-7-8-20(27)21(28)12-19/h3-12H,2,14H2,1H3,(H,31,32)/b17-9+. The number of nitrogens with zero attached hydrogens (tertiary/aromatic N) is 1. The van der Waals surface area contributed by atoms with Crippen LogP contribution < -0.4 is 14.8 Å². The molecule has 0 fully saturated rings. The van der Waals surface area contributed by atoms with Crippen molar-refractivity contribution in [2.24, 2.45) is 0 Å². The van der Waals surface area contributed by atoms with E-state index in [1.807, 2.05) is 31.2 Å². The molecule has 0 aromatic heterocycles. The molecule has 3 aromatic carbocycles. The zero-order chi connectivity index (χ0) is 24.7. The highest BCUT2D eigenvalue weighted by molar-refractivity contribution is 9.10. The van der Waals surface area contributed by atoms with Crippen molar-refractivity contribution in [2.45, 2.75) is 6.92 Å². The third kappa shape index (κ3) is 6.91. The number of carbonyl (C=O) groups is 1. The van der Waals surface area contributed by atoms with Gasteiger partial charge in [-0.15, -0.1) is 0 Å². The Morgan fingerprint density at radius 2 is 1.76 bits per heavy atom. The molecule has 3 aromatic rings. The van der Waals surface area contributed by atoms with Crippen molar-refractivity contribution in [3.05, 3.63) is 85.3 Å². The molecule has 0 radical (unpaired) electrons. The van der Waals surface area contributed by atoms with E-state index in [9.17, 15) is 10.1 Å². The molecule has 3 rings (SSSR count). The van der Waals surface area contributed by atoms with Crippen LogP contribution in [0.4, 0.5) is 5.69 Å². The molecule has 5 nitrogen and oxygen atoms in total. The molecule has 0 saturated heterocycles. The van der Waals surface area contributed by atoms with Gasteiger partial charge in [-0.05, 0) is 66.6 Å². The van der Waals surface area contributed by atoms with Gasteiger partial charge in [0.25, 0.3) is 5.91 Å². The average Bonchev–Trinajstić information content (AvgIpc) is 2.80. The second-order valence-electron chi connectivity index (χ2n) is 6.91. The summed E-state index contributed by atoms with van der Waals surface area (Å²) in [4.78, 5) is 12.3. The van der Waals surface area contributed by atoms with Crippen LogP contribution in [0.25, 0.3) is 11.6 Å². The molecular formula is C25H18BrCl3N2O3. The number of halogens is 4.